The molecule has 8 aliphatic rings. The molecule has 3 fully saturated rings. The first-order valence-electron chi connectivity index (χ1n) is 34.8. The summed E-state index contributed by atoms with van der Waals surface area (Å²) in [7, 11) is 1.49. The normalized spacial score (nSPS) is 31.1. The Balaban J connectivity index is 1.17. The lowest BCUT2D eigenvalue weighted by molar-refractivity contribution is -0.323. The SMILES string of the molecule is CN[C@H](CC(C)C)C(=O)N[C@H]1C(=O)NC(CC(N)=O)C(=O)N[C@H]2C(=O)N[C@H]3C(=O)N[C@H](C(=O)N[C@H](C(=O)O)c4cc(O)cc(O)c4-c4cc3ccc4O)[C@H](O[C@H]3C[C@](C)(N)C(=O)[C@H](C)O3)c3ccc(cc3)Oc3cc2cc(c3O[C@@H]2O[C@H](CO)[C@@H](O)[C@H](O)[C@H]2O[C@H]2C[C@](C)(N)C(=O)[C@H](C)O2)Oc2ccc(cc2)[C@H]1O. The number of carbonyl (C=O) groups excluding carboxylic acids is 9. The van der Waals surface area contributed by atoms with Crippen LogP contribution in [0.3, 0.4) is 0 Å². The van der Waals surface area contributed by atoms with Gasteiger partial charge in [-0.1, -0.05) is 44.2 Å². The molecule has 3 saturated heterocycles. The fourth-order valence-electron chi connectivity index (χ4n) is 13.9. The Morgan fingerprint density at radius 3 is 1.77 bits per heavy atom. The molecule has 36 heteroatoms. The van der Waals surface area contributed by atoms with Gasteiger partial charge >= 0.3 is 5.97 Å². The van der Waals surface area contributed by atoms with E-state index in [4.69, 9.17) is 55.1 Å². The van der Waals surface area contributed by atoms with Gasteiger partial charge in [-0.2, -0.15) is 0 Å². The maximum Gasteiger partial charge on any atom is 0.330 e. The van der Waals surface area contributed by atoms with Crippen molar-refractivity contribution >= 4 is 58.9 Å². The number of carboxylic acids is 1. The minimum absolute atomic E-state index is 0.0504. The fraction of sp³-hybridized carbons (Fsp3) is 0.452. The van der Waals surface area contributed by atoms with Crippen LogP contribution in [0.2, 0.25) is 0 Å². The Morgan fingerprint density at radius 2 is 1.21 bits per heavy atom. The van der Waals surface area contributed by atoms with Crippen LogP contribution in [0.5, 0.6) is 46.0 Å². The predicted molar refractivity (Wildman–Crippen MR) is 374 cm³/mol. The van der Waals surface area contributed by atoms with E-state index in [1.165, 1.54) is 83.3 Å². The molecule has 0 aliphatic carbocycles. The maximum absolute atomic E-state index is 16.3. The number of fused-ring (bicyclic) bond motifs is 15. The van der Waals surface area contributed by atoms with Gasteiger partial charge in [-0.05, 0) is 124 Å². The number of benzene rings is 5. The van der Waals surface area contributed by atoms with Crippen LogP contribution in [0.4, 0.5) is 0 Å². The van der Waals surface area contributed by atoms with Crippen LogP contribution in [-0.4, -0.2) is 204 Å². The topological polar surface area (TPSA) is 569 Å². The number of amides is 7. The molecule has 0 saturated carbocycles. The van der Waals surface area contributed by atoms with Crippen LogP contribution < -0.4 is 68.6 Å². The van der Waals surface area contributed by atoms with Crippen molar-refractivity contribution < 1.29 is 127 Å². The summed E-state index contributed by atoms with van der Waals surface area (Å²) in [6.45, 7) is 8.29. The number of ketones is 2. The monoisotopic (exact) mass is 1520 g/mol. The summed E-state index contributed by atoms with van der Waals surface area (Å²) in [5.41, 5.74) is 13.1. The van der Waals surface area contributed by atoms with Crippen molar-refractivity contribution in [2.75, 3.05) is 13.7 Å². The second kappa shape index (κ2) is 32.0. The van der Waals surface area contributed by atoms with Crippen LogP contribution >= 0.6 is 0 Å². The first-order chi connectivity index (χ1) is 51.4. The maximum atomic E-state index is 16.3. The number of ether oxygens (including phenoxy) is 8. The average Bonchev–Trinajstić information content (AvgIpc) is 0.766. The third kappa shape index (κ3) is 17.0. The number of aromatic hydroxyl groups is 3. The van der Waals surface area contributed by atoms with Gasteiger partial charge in [-0.3, -0.25) is 43.2 Å². The number of aliphatic hydroxyl groups is 4. The summed E-state index contributed by atoms with van der Waals surface area (Å²) in [5, 5.41) is 110. The van der Waals surface area contributed by atoms with Gasteiger partial charge < -0.3 is 133 Å². The van der Waals surface area contributed by atoms with Gasteiger partial charge in [0.1, 0.15) is 102 Å². The van der Waals surface area contributed by atoms with Gasteiger partial charge in [-0.15, -0.1) is 0 Å². The molecule has 109 heavy (non-hydrogen) atoms. The minimum atomic E-state index is -2.32. The van der Waals surface area contributed by atoms with Gasteiger partial charge in [0.05, 0.1) is 30.1 Å². The number of phenolic OH excluding ortho intramolecular Hbond substituents is 3. The summed E-state index contributed by atoms with van der Waals surface area (Å²) in [6, 6.07) is 3.19. The number of primary amides is 1. The van der Waals surface area contributed by atoms with Crippen molar-refractivity contribution in [3.63, 3.8) is 0 Å². The van der Waals surface area contributed by atoms with Crippen LogP contribution in [0, 0.1) is 5.92 Å². The molecule has 36 nitrogen and oxygen atoms in total. The van der Waals surface area contributed by atoms with Gasteiger partial charge in [0.15, 0.2) is 47.8 Å². The number of hydrogen-bond acceptors (Lipinski definition) is 28. The van der Waals surface area contributed by atoms with E-state index in [2.05, 4.69) is 37.2 Å². The zero-order valence-corrected chi connectivity index (χ0v) is 59.8. The molecule has 5 aromatic rings. The van der Waals surface area contributed by atoms with E-state index >= 15 is 19.2 Å². The van der Waals surface area contributed by atoms with Gasteiger partial charge in [0.2, 0.25) is 53.4 Å². The quantitative estimate of drug-likeness (QED) is 0.0625. The number of nitrogens with one attached hydrogen (secondary N) is 7. The Labute approximate surface area is 621 Å². The van der Waals surface area contributed by atoms with Crippen molar-refractivity contribution in [3.05, 3.63) is 119 Å². The van der Waals surface area contributed by atoms with Crippen LogP contribution in [0.15, 0.2) is 91.0 Å². The molecule has 5 aromatic carbocycles. The summed E-state index contributed by atoms with van der Waals surface area (Å²) in [4.78, 5) is 146. The summed E-state index contributed by atoms with van der Waals surface area (Å²) in [5.74, 6) is -16.2. The molecule has 8 heterocycles. The lowest BCUT2D eigenvalue weighted by Gasteiger charge is -2.45. The average molecular weight is 1520 g/mol. The van der Waals surface area contributed by atoms with Gasteiger partial charge in [0.25, 0.3) is 0 Å². The third-order valence-electron chi connectivity index (χ3n) is 19.6. The third-order valence-corrected chi connectivity index (χ3v) is 19.6. The number of phenols is 3. The highest BCUT2D eigenvalue weighted by molar-refractivity contribution is 6.01. The van der Waals surface area contributed by atoms with E-state index in [0.717, 1.165) is 42.5 Å². The van der Waals surface area contributed by atoms with Crippen LogP contribution in [-0.2, 0) is 71.6 Å². The van der Waals surface area contributed by atoms with E-state index in [-0.39, 0.29) is 46.9 Å². The highest BCUT2D eigenvalue weighted by atomic mass is 16.8. The van der Waals surface area contributed by atoms with Crippen molar-refractivity contribution in [1.29, 1.82) is 0 Å². The zero-order chi connectivity index (χ0) is 79.2. The Kier molecular flexibility index (Phi) is 23.4. The number of carboxylic acid groups (broad SMARTS) is 1. The molecule has 21 N–H and O–H groups in total. The van der Waals surface area contributed by atoms with Crippen molar-refractivity contribution in [2.45, 2.75) is 188 Å². The molecule has 0 radical (unpaired) electrons. The number of rotatable bonds is 15. The summed E-state index contributed by atoms with van der Waals surface area (Å²) >= 11 is 0. The highest BCUT2D eigenvalue weighted by Gasteiger charge is 2.52. The standard InChI is InChI=1S/C73H86N10O26/c1-28(2)18-40(77-7)64(94)82-54-56(89)31-8-13-36(14-9-31)104-44-20-34-21-45(60(44)109-71-61(58(91)57(90)46(27-84)106-71)108-49-26-73(6,76)63(93)30(4)103-49)105-37-15-10-32(11-16-37)59(107-48-25-72(5,75)62(92)29(3)102-48)55-69(99)81-53(70(100)101)39-22-35(85)23-43(87)50(39)38-19-33(12-17-42(38)86)51(66(96)83-55)80-67(97)52(34)79-65(95)41(24-47(74)88)78-68(54)98/h8-17,19-23,28-30,40-41,46,48-49,51-59,61,71,77,84-87,89-91H,18,24-27,75-76H2,1-7H3,(H2,74,88)(H,78,98)(H,79,95)(H,80,97)(H,81,99)(H,82,94)(H,83,96)(H,100,101)/t29-,30-,40+,41?,46+,48-,49-,51+,52+,53-,54+,55-,56+,57+,58-,59+,61+,71-,72-,73-/m0/s1. The van der Waals surface area contributed by atoms with E-state index in [9.17, 15) is 69.6 Å². The molecule has 7 amide bonds. The molecule has 1 unspecified atom stereocenters. The van der Waals surface area contributed by atoms with E-state index in [1.807, 2.05) is 13.8 Å². The van der Waals surface area contributed by atoms with Crippen molar-refractivity contribution in [3.8, 4) is 57.1 Å². The van der Waals surface area contributed by atoms with Gasteiger partial charge in [0, 0.05) is 35.6 Å². The molecular weight excluding hydrogens is 1430 g/mol. The number of Topliss-reactive ketones (excluding diaryl/α,β-unsaturated/α-hetero) is 2. The Morgan fingerprint density at radius 1 is 0.651 bits per heavy atom. The first-order valence-corrected chi connectivity index (χ1v) is 34.8. The second-order valence-corrected chi connectivity index (χ2v) is 28.5. The van der Waals surface area contributed by atoms with Crippen molar-refractivity contribution in [2.24, 2.45) is 23.1 Å². The number of hydrogen-bond donors (Lipinski definition) is 18. The smallest absolute Gasteiger partial charge is 0.330 e. The zero-order valence-electron chi connectivity index (χ0n) is 59.8. The summed E-state index contributed by atoms with van der Waals surface area (Å²) < 4.78 is 51.3. The second-order valence-electron chi connectivity index (χ2n) is 28.5. The Bertz CT molecular complexity index is 4370. The first kappa shape index (κ1) is 79.6. The molecule has 20 atom stereocenters. The molecule has 584 valence electrons. The largest absolute Gasteiger partial charge is 0.508 e. The minimum Gasteiger partial charge on any atom is -0.508 e. The molecule has 11 bridgehead atoms. The number of likely N-dealkylation sites (N-methyl/N-ethyl adjacent to an activating group) is 1. The van der Waals surface area contributed by atoms with Crippen LogP contribution in [0.25, 0.3) is 11.1 Å². The molecule has 0 spiro atoms. The molecule has 13 rings (SSSR count). The lowest BCUT2D eigenvalue weighted by atomic mass is 9.88. The number of carbonyl (C=O) groups is 10. The Hall–Kier alpha value is -10.5. The fourth-order valence-corrected chi connectivity index (χ4v) is 13.9. The number of aliphatic carboxylic acids is 1. The van der Waals surface area contributed by atoms with Crippen molar-refractivity contribution in [1.82, 2.24) is 37.2 Å². The van der Waals surface area contributed by atoms with E-state index in [1.54, 1.807) is 0 Å². The lowest BCUT2D eigenvalue weighted by Crippen LogP contribution is -2.63. The predicted octanol–water partition coefficient (Wildman–Crippen LogP) is -0.547. The molecule has 8 aliphatic heterocycles. The van der Waals surface area contributed by atoms with Gasteiger partial charge in [-0.25, -0.2) is 4.79 Å². The van der Waals surface area contributed by atoms with E-state index < -0.39 is 256 Å². The van der Waals surface area contributed by atoms with E-state index in [0.29, 0.717) is 0 Å². The highest BCUT2D eigenvalue weighted by Crippen LogP contribution is 2.49. The molecule has 0 aromatic heterocycles. The van der Waals surface area contributed by atoms with Crippen LogP contribution in [0.1, 0.15) is 125 Å². The number of nitrogens with two attached hydrogens (primary N) is 3. The number of aliphatic hydroxyl groups excluding tert-OH is 4. The summed E-state index contributed by atoms with van der Waals surface area (Å²) in [6.07, 6.45) is -20.4. The molecular formula is C73H86N10O26.